The topological polar surface area (TPSA) is 54.3 Å². The van der Waals surface area contributed by atoms with Crippen LogP contribution in [0.25, 0.3) is 16.9 Å². The average Bonchev–Trinajstić information content (AvgIpc) is 3.31. The van der Waals surface area contributed by atoms with E-state index in [-0.39, 0.29) is 5.91 Å². The zero-order valence-electron chi connectivity index (χ0n) is 18.8. The van der Waals surface area contributed by atoms with E-state index in [1.807, 2.05) is 88.8 Å². The van der Waals surface area contributed by atoms with Gasteiger partial charge in [-0.15, -0.1) is 0 Å². The number of hydrogen-bond acceptors (Lipinski definition) is 4. The molecule has 166 valence electrons. The Kier molecular flexibility index (Phi) is 6.00. The summed E-state index contributed by atoms with van der Waals surface area (Å²) in [7, 11) is 0. The first-order valence-corrected chi connectivity index (χ1v) is 11.3. The van der Waals surface area contributed by atoms with Crippen LogP contribution in [0.3, 0.4) is 0 Å². The van der Waals surface area contributed by atoms with E-state index < -0.39 is 0 Å². The zero-order chi connectivity index (χ0) is 22.6. The maximum atomic E-state index is 13.7. The smallest absolute Gasteiger partial charge is 0.257 e. The second-order valence-corrected chi connectivity index (χ2v) is 8.41. The lowest BCUT2D eigenvalue weighted by atomic mass is 10.0. The van der Waals surface area contributed by atoms with E-state index in [0.717, 1.165) is 42.1 Å². The number of rotatable bonds is 5. The SMILES string of the molecule is Cc1ccccc1-c1nn(-c2ccccc2)cc1C(=O)N1CCN(Cc2ccncc2)CC1. The normalized spacial score (nSPS) is 14.4. The van der Waals surface area contributed by atoms with Crippen molar-refractivity contribution in [2.24, 2.45) is 0 Å². The largest absolute Gasteiger partial charge is 0.336 e. The van der Waals surface area contributed by atoms with Gasteiger partial charge in [0.05, 0.1) is 11.3 Å². The van der Waals surface area contributed by atoms with Crippen LogP contribution in [-0.2, 0) is 6.54 Å². The highest BCUT2D eigenvalue weighted by Crippen LogP contribution is 2.28. The molecule has 1 aliphatic heterocycles. The van der Waals surface area contributed by atoms with Crippen molar-refractivity contribution in [3.8, 4) is 16.9 Å². The molecule has 0 radical (unpaired) electrons. The number of aryl methyl sites for hydroxylation is 1. The summed E-state index contributed by atoms with van der Waals surface area (Å²) in [4.78, 5) is 22.1. The van der Waals surface area contributed by atoms with Gasteiger partial charge in [-0.05, 0) is 42.3 Å². The predicted molar refractivity (Wildman–Crippen MR) is 129 cm³/mol. The van der Waals surface area contributed by atoms with Gasteiger partial charge in [-0.1, -0.05) is 42.5 Å². The predicted octanol–water partition coefficient (Wildman–Crippen LogP) is 4.20. The van der Waals surface area contributed by atoms with E-state index in [4.69, 9.17) is 5.10 Å². The van der Waals surface area contributed by atoms with Gasteiger partial charge < -0.3 is 4.90 Å². The Hall–Kier alpha value is -3.77. The Bertz CT molecular complexity index is 1230. The van der Waals surface area contributed by atoms with E-state index in [1.54, 1.807) is 0 Å². The summed E-state index contributed by atoms with van der Waals surface area (Å²) in [5, 5.41) is 4.85. The highest BCUT2D eigenvalue weighted by molar-refractivity contribution is 6.00. The van der Waals surface area contributed by atoms with Gasteiger partial charge in [-0.3, -0.25) is 14.7 Å². The number of piperazine rings is 1. The van der Waals surface area contributed by atoms with Gasteiger partial charge in [0.1, 0.15) is 5.69 Å². The standard InChI is InChI=1S/C27H27N5O/c1-21-7-5-6-10-24(21)26-25(20-32(29-26)23-8-3-2-4-9-23)27(33)31-17-15-30(16-18-31)19-22-11-13-28-14-12-22/h2-14,20H,15-19H2,1H3. The summed E-state index contributed by atoms with van der Waals surface area (Å²) in [6, 6.07) is 22.1. The van der Waals surface area contributed by atoms with Crippen molar-refractivity contribution in [2.75, 3.05) is 26.2 Å². The molecule has 0 N–H and O–H groups in total. The van der Waals surface area contributed by atoms with Gasteiger partial charge in [-0.2, -0.15) is 5.10 Å². The second kappa shape index (κ2) is 9.38. The van der Waals surface area contributed by atoms with Crippen LogP contribution in [0, 0.1) is 6.92 Å². The number of pyridine rings is 1. The molecule has 0 unspecified atom stereocenters. The van der Waals surface area contributed by atoms with Crippen molar-refractivity contribution in [3.63, 3.8) is 0 Å². The van der Waals surface area contributed by atoms with E-state index in [0.29, 0.717) is 18.7 Å². The molecule has 1 aliphatic rings. The van der Waals surface area contributed by atoms with E-state index >= 15 is 0 Å². The van der Waals surface area contributed by atoms with Crippen molar-refractivity contribution in [1.29, 1.82) is 0 Å². The van der Waals surface area contributed by atoms with E-state index in [1.165, 1.54) is 5.56 Å². The van der Waals surface area contributed by atoms with Crippen LogP contribution in [0.4, 0.5) is 0 Å². The summed E-state index contributed by atoms with van der Waals surface area (Å²) < 4.78 is 1.81. The van der Waals surface area contributed by atoms with E-state index in [9.17, 15) is 4.79 Å². The molecule has 0 saturated carbocycles. The third-order valence-electron chi connectivity index (χ3n) is 6.18. The van der Waals surface area contributed by atoms with Crippen LogP contribution in [-0.4, -0.2) is 56.7 Å². The summed E-state index contributed by atoms with van der Waals surface area (Å²) in [5.41, 5.74) is 5.67. The third kappa shape index (κ3) is 4.56. The van der Waals surface area contributed by atoms with Gasteiger partial charge in [0.15, 0.2) is 0 Å². The van der Waals surface area contributed by atoms with Gasteiger partial charge in [0, 0.05) is 56.9 Å². The fourth-order valence-corrected chi connectivity index (χ4v) is 4.31. The van der Waals surface area contributed by atoms with Crippen molar-refractivity contribution < 1.29 is 4.79 Å². The number of benzene rings is 2. The van der Waals surface area contributed by atoms with Crippen LogP contribution in [0.5, 0.6) is 0 Å². The van der Waals surface area contributed by atoms with Crippen molar-refractivity contribution in [2.45, 2.75) is 13.5 Å². The Morgan fingerprint density at radius 1 is 0.879 bits per heavy atom. The molecule has 5 rings (SSSR count). The van der Waals surface area contributed by atoms with Gasteiger partial charge >= 0.3 is 0 Å². The van der Waals surface area contributed by atoms with Gasteiger partial charge in [0.25, 0.3) is 5.91 Å². The minimum Gasteiger partial charge on any atom is -0.336 e. The number of aromatic nitrogens is 3. The molecule has 33 heavy (non-hydrogen) atoms. The first kappa shape index (κ1) is 21.1. The molecule has 1 amide bonds. The molecule has 3 heterocycles. The number of para-hydroxylation sites is 1. The lowest BCUT2D eigenvalue weighted by Crippen LogP contribution is -2.48. The Morgan fingerprint density at radius 2 is 1.58 bits per heavy atom. The third-order valence-corrected chi connectivity index (χ3v) is 6.18. The lowest BCUT2D eigenvalue weighted by molar-refractivity contribution is 0.0629. The molecule has 6 nitrogen and oxygen atoms in total. The Balaban J connectivity index is 1.39. The summed E-state index contributed by atoms with van der Waals surface area (Å²) in [6.07, 6.45) is 5.53. The summed E-state index contributed by atoms with van der Waals surface area (Å²) >= 11 is 0. The molecule has 2 aromatic carbocycles. The zero-order valence-corrected chi connectivity index (χ0v) is 18.8. The molecule has 0 spiro atoms. The number of carbonyl (C=O) groups is 1. The quantitative estimate of drug-likeness (QED) is 0.470. The van der Waals surface area contributed by atoms with Crippen LogP contribution in [0.2, 0.25) is 0 Å². The molecule has 4 aromatic rings. The Labute approximate surface area is 194 Å². The molecule has 1 fully saturated rings. The fourth-order valence-electron chi connectivity index (χ4n) is 4.31. The van der Waals surface area contributed by atoms with Crippen molar-refractivity contribution in [1.82, 2.24) is 24.6 Å². The Morgan fingerprint density at radius 3 is 2.30 bits per heavy atom. The first-order chi connectivity index (χ1) is 16.2. The fraction of sp³-hybridized carbons (Fsp3) is 0.222. The van der Waals surface area contributed by atoms with Crippen LogP contribution in [0.1, 0.15) is 21.5 Å². The van der Waals surface area contributed by atoms with Gasteiger partial charge in [-0.25, -0.2) is 4.68 Å². The molecule has 0 bridgehead atoms. The highest BCUT2D eigenvalue weighted by Gasteiger charge is 2.27. The molecular formula is C27H27N5O. The molecule has 2 aromatic heterocycles. The van der Waals surface area contributed by atoms with Crippen molar-refractivity contribution in [3.05, 3.63) is 102 Å². The monoisotopic (exact) mass is 437 g/mol. The minimum absolute atomic E-state index is 0.0407. The molecule has 1 saturated heterocycles. The van der Waals surface area contributed by atoms with Crippen molar-refractivity contribution >= 4 is 5.91 Å². The summed E-state index contributed by atoms with van der Waals surface area (Å²) in [6.45, 7) is 6.04. The number of nitrogens with zero attached hydrogens (tertiary/aromatic N) is 5. The molecule has 0 aliphatic carbocycles. The molecule has 6 heteroatoms. The maximum absolute atomic E-state index is 13.7. The second-order valence-electron chi connectivity index (χ2n) is 8.41. The number of hydrogen-bond donors (Lipinski definition) is 0. The molecule has 0 atom stereocenters. The molecular weight excluding hydrogens is 410 g/mol. The number of carbonyl (C=O) groups excluding carboxylic acids is 1. The van der Waals surface area contributed by atoms with Crippen LogP contribution >= 0.6 is 0 Å². The number of amides is 1. The lowest BCUT2D eigenvalue weighted by Gasteiger charge is -2.34. The minimum atomic E-state index is 0.0407. The van der Waals surface area contributed by atoms with Gasteiger partial charge in [0.2, 0.25) is 0 Å². The summed E-state index contributed by atoms with van der Waals surface area (Å²) in [5.74, 6) is 0.0407. The van der Waals surface area contributed by atoms with Crippen LogP contribution in [0.15, 0.2) is 85.3 Å². The maximum Gasteiger partial charge on any atom is 0.257 e. The van der Waals surface area contributed by atoms with Crippen LogP contribution < -0.4 is 0 Å². The first-order valence-electron chi connectivity index (χ1n) is 11.3. The van der Waals surface area contributed by atoms with E-state index in [2.05, 4.69) is 22.9 Å². The highest BCUT2D eigenvalue weighted by atomic mass is 16.2. The average molecular weight is 438 g/mol.